The summed E-state index contributed by atoms with van der Waals surface area (Å²) < 4.78 is 37.1. The molecule has 41 heavy (non-hydrogen) atoms. The van der Waals surface area contributed by atoms with Gasteiger partial charge in [-0.25, -0.2) is 0 Å². The highest BCUT2D eigenvalue weighted by Gasteiger charge is 2.38. The first-order valence-electron chi connectivity index (χ1n) is 13.5. The Morgan fingerprint density at radius 3 is 1.37 bits per heavy atom. The van der Waals surface area contributed by atoms with Gasteiger partial charge < -0.3 is 26.6 Å². The first kappa shape index (κ1) is 37.7. The zero-order chi connectivity index (χ0) is 31.3. The van der Waals surface area contributed by atoms with E-state index in [1.165, 1.54) is 20.8 Å². The molecule has 0 aromatic rings. The SMILES string of the molecule is CC(=O)NCCN(CCNC(=O)C(F)(F)F)CCC(=O)CCCNC(=O)CCN(CCNC(C)=O)CCNC(C)=O. The van der Waals surface area contributed by atoms with E-state index in [1.807, 2.05) is 4.90 Å². The molecule has 13 nitrogen and oxygen atoms in total. The van der Waals surface area contributed by atoms with Crippen molar-refractivity contribution in [2.24, 2.45) is 0 Å². The molecular formula is C25H44F3N7O6. The number of halogens is 3. The van der Waals surface area contributed by atoms with E-state index in [9.17, 15) is 41.9 Å². The minimum atomic E-state index is -4.98. The number of carbonyl (C=O) groups is 6. The monoisotopic (exact) mass is 595 g/mol. The number of hydrogen-bond donors (Lipinski definition) is 5. The summed E-state index contributed by atoms with van der Waals surface area (Å²) in [5.41, 5.74) is 0. The van der Waals surface area contributed by atoms with Crippen LogP contribution < -0.4 is 26.6 Å². The minimum absolute atomic E-state index is 0.0669. The molecule has 5 amide bonds. The lowest BCUT2D eigenvalue weighted by atomic mass is 10.1. The molecule has 0 fully saturated rings. The lowest BCUT2D eigenvalue weighted by molar-refractivity contribution is -0.173. The van der Waals surface area contributed by atoms with Gasteiger partial charge in [0.25, 0.3) is 0 Å². The van der Waals surface area contributed by atoms with E-state index in [4.69, 9.17) is 0 Å². The van der Waals surface area contributed by atoms with Crippen LogP contribution in [0, 0.1) is 0 Å². The van der Waals surface area contributed by atoms with Gasteiger partial charge in [0.15, 0.2) is 0 Å². The molecule has 0 heterocycles. The van der Waals surface area contributed by atoms with Crippen molar-refractivity contribution in [1.82, 2.24) is 36.4 Å². The van der Waals surface area contributed by atoms with Crippen molar-refractivity contribution in [3.05, 3.63) is 0 Å². The molecule has 0 aromatic heterocycles. The minimum Gasteiger partial charge on any atom is -0.356 e. The van der Waals surface area contributed by atoms with Crippen LogP contribution in [0.5, 0.6) is 0 Å². The van der Waals surface area contributed by atoms with Crippen molar-refractivity contribution >= 4 is 35.3 Å². The average molecular weight is 596 g/mol. The Labute approximate surface area is 238 Å². The maximum absolute atomic E-state index is 12.4. The molecule has 236 valence electrons. The number of nitrogens with zero attached hydrogens (tertiary/aromatic N) is 2. The van der Waals surface area contributed by atoms with Gasteiger partial charge in [-0.05, 0) is 6.42 Å². The number of amides is 5. The summed E-state index contributed by atoms with van der Waals surface area (Å²) in [6.45, 7) is 7.26. The third kappa shape index (κ3) is 23.2. The number of alkyl halides is 3. The fourth-order valence-electron chi connectivity index (χ4n) is 3.54. The van der Waals surface area contributed by atoms with Gasteiger partial charge in [0.1, 0.15) is 5.78 Å². The number of carbonyl (C=O) groups excluding carboxylic acids is 6. The Hall–Kier alpha value is -3.27. The number of Topliss-reactive ketones (excluding diaryl/α,β-unsaturated/α-hetero) is 1. The van der Waals surface area contributed by atoms with E-state index in [0.717, 1.165) is 0 Å². The number of rotatable bonds is 22. The van der Waals surface area contributed by atoms with Gasteiger partial charge in [-0.2, -0.15) is 13.2 Å². The van der Waals surface area contributed by atoms with Gasteiger partial charge in [-0.15, -0.1) is 0 Å². The van der Waals surface area contributed by atoms with Crippen molar-refractivity contribution in [3.63, 3.8) is 0 Å². The quantitative estimate of drug-likeness (QED) is 0.0986. The Morgan fingerprint density at radius 2 is 0.951 bits per heavy atom. The summed E-state index contributed by atoms with van der Waals surface area (Å²) in [6.07, 6.45) is -4.05. The van der Waals surface area contributed by atoms with Crippen LogP contribution in [0.3, 0.4) is 0 Å². The molecule has 0 radical (unpaired) electrons. The molecular weight excluding hydrogens is 551 g/mol. The molecule has 0 spiro atoms. The molecule has 5 N–H and O–H groups in total. The van der Waals surface area contributed by atoms with E-state index in [1.54, 1.807) is 10.2 Å². The average Bonchev–Trinajstić information content (AvgIpc) is 2.86. The topological polar surface area (TPSA) is 169 Å². The molecule has 0 saturated carbocycles. The summed E-state index contributed by atoms with van der Waals surface area (Å²) in [4.78, 5) is 72.4. The van der Waals surface area contributed by atoms with Crippen LogP contribution in [0.4, 0.5) is 13.2 Å². The second-order valence-corrected chi connectivity index (χ2v) is 9.38. The summed E-state index contributed by atoms with van der Waals surface area (Å²) in [5, 5.41) is 12.5. The molecule has 0 atom stereocenters. The molecule has 0 saturated heterocycles. The number of ketones is 1. The maximum atomic E-state index is 12.4. The second kappa shape index (κ2) is 21.5. The Kier molecular flexibility index (Phi) is 19.8. The second-order valence-electron chi connectivity index (χ2n) is 9.38. The van der Waals surface area contributed by atoms with E-state index >= 15 is 0 Å². The summed E-state index contributed by atoms with van der Waals surface area (Å²) >= 11 is 0. The number of hydrogen-bond acceptors (Lipinski definition) is 8. The van der Waals surface area contributed by atoms with E-state index in [-0.39, 0.29) is 87.9 Å². The Bertz CT molecular complexity index is 838. The van der Waals surface area contributed by atoms with Gasteiger partial charge in [-0.3, -0.25) is 38.6 Å². The van der Waals surface area contributed by atoms with Crippen molar-refractivity contribution in [2.45, 2.75) is 52.6 Å². The van der Waals surface area contributed by atoms with Crippen LogP contribution in [0.15, 0.2) is 0 Å². The Balaban J connectivity index is 4.40. The normalized spacial score (nSPS) is 11.2. The zero-order valence-electron chi connectivity index (χ0n) is 24.1. The van der Waals surface area contributed by atoms with Crippen LogP contribution in [0.1, 0.15) is 46.5 Å². The molecule has 0 aliphatic rings. The fourth-order valence-corrected chi connectivity index (χ4v) is 3.54. The highest BCUT2D eigenvalue weighted by Crippen LogP contribution is 2.13. The van der Waals surface area contributed by atoms with Gasteiger partial charge in [0, 0.05) is 112 Å². The first-order valence-corrected chi connectivity index (χ1v) is 13.5. The largest absolute Gasteiger partial charge is 0.471 e. The van der Waals surface area contributed by atoms with Crippen LogP contribution in [-0.4, -0.2) is 123 Å². The van der Waals surface area contributed by atoms with Crippen LogP contribution in [-0.2, 0) is 28.8 Å². The predicted octanol–water partition coefficient (Wildman–Crippen LogP) is -1.08. The number of nitrogens with one attached hydrogen (secondary N) is 5. The van der Waals surface area contributed by atoms with Gasteiger partial charge in [-0.1, -0.05) is 0 Å². The van der Waals surface area contributed by atoms with Crippen LogP contribution in [0.2, 0.25) is 0 Å². The zero-order valence-corrected chi connectivity index (χ0v) is 24.1. The fraction of sp³-hybridized carbons (Fsp3) is 0.760. The van der Waals surface area contributed by atoms with Crippen molar-refractivity contribution in [2.75, 3.05) is 72.0 Å². The van der Waals surface area contributed by atoms with E-state index in [2.05, 4.69) is 21.3 Å². The maximum Gasteiger partial charge on any atom is 0.471 e. The van der Waals surface area contributed by atoms with Crippen LogP contribution >= 0.6 is 0 Å². The summed E-state index contributed by atoms with van der Waals surface area (Å²) in [7, 11) is 0. The highest BCUT2D eigenvalue weighted by atomic mass is 19.4. The highest BCUT2D eigenvalue weighted by molar-refractivity contribution is 5.81. The van der Waals surface area contributed by atoms with Crippen molar-refractivity contribution < 1.29 is 41.9 Å². The third-order valence-electron chi connectivity index (χ3n) is 5.69. The van der Waals surface area contributed by atoms with Gasteiger partial charge in [0.05, 0.1) is 0 Å². The summed E-state index contributed by atoms with van der Waals surface area (Å²) in [5.74, 6) is -2.93. The van der Waals surface area contributed by atoms with Crippen molar-refractivity contribution in [3.8, 4) is 0 Å². The molecule has 16 heteroatoms. The molecule has 0 unspecified atom stereocenters. The molecule has 0 aliphatic heterocycles. The van der Waals surface area contributed by atoms with Crippen molar-refractivity contribution in [1.29, 1.82) is 0 Å². The molecule has 0 rings (SSSR count). The Morgan fingerprint density at radius 1 is 0.537 bits per heavy atom. The smallest absolute Gasteiger partial charge is 0.356 e. The van der Waals surface area contributed by atoms with Crippen LogP contribution in [0.25, 0.3) is 0 Å². The standard InChI is InChI=1S/C25H44F3N7O6/c1-19(36)29-9-15-34(18-12-33-24(41)25(26,27)28)13-6-22(39)5-4-8-32-23(40)7-14-35(16-10-30-20(2)37)17-11-31-21(3)38/h4-18H2,1-3H3,(H,29,36)(H,30,37)(H,31,38)(H,32,40)(H,33,41). The van der Waals surface area contributed by atoms with E-state index < -0.39 is 12.1 Å². The summed E-state index contributed by atoms with van der Waals surface area (Å²) in [6, 6.07) is 0. The predicted molar refractivity (Wildman–Crippen MR) is 144 cm³/mol. The third-order valence-corrected chi connectivity index (χ3v) is 5.69. The van der Waals surface area contributed by atoms with E-state index in [0.29, 0.717) is 39.1 Å². The molecule has 0 aliphatic carbocycles. The first-order chi connectivity index (χ1) is 19.2. The molecule has 0 bridgehead atoms. The lowest BCUT2D eigenvalue weighted by Crippen LogP contribution is -2.43. The molecule has 0 aromatic carbocycles. The van der Waals surface area contributed by atoms with Gasteiger partial charge >= 0.3 is 12.1 Å². The lowest BCUT2D eigenvalue weighted by Gasteiger charge is -2.22. The van der Waals surface area contributed by atoms with Gasteiger partial charge in [0.2, 0.25) is 23.6 Å².